The van der Waals surface area contributed by atoms with Gasteiger partial charge in [0.1, 0.15) is 0 Å². The molecule has 2 unspecified atom stereocenters. The highest BCUT2D eigenvalue weighted by atomic mass is 16.5. The molecule has 1 fully saturated rings. The smallest absolute Gasteiger partial charge is 0.318 e. The summed E-state index contributed by atoms with van der Waals surface area (Å²) in [6.07, 6.45) is 2.00. The summed E-state index contributed by atoms with van der Waals surface area (Å²) in [6.45, 7) is 5.31. The highest BCUT2D eigenvalue weighted by molar-refractivity contribution is 5.96. The standard InChI is InChI=1S/C11H21N3O3/c1-7(9-3-5-17-6-4-9)13-8(2)10(15)14-11(12)16/h7-9,13H,3-6H2,1-2H3,(H3,12,14,15,16). The quantitative estimate of drug-likeness (QED) is 0.646. The van der Waals surface area contributed by atoms with Gasteiger partial charge in [-0.3, -0.25) is 10.1 Å². The van der Waals surface area contributed by atoms with Crippen LogP contribution in [0, 0.1) is 5.92 Å². The van der Waals surface area contributed by atoms with E-state index in [-0.39, 0.29) is 6.04 Å². The van der Waals surface area contributed by atoms with E-state index in [0.717, 1.165) is 26.1 Å². The number of primary amides is 1. The van der Waals surface area contributed by atoms with Crippen molar-refractivity contribution in [3.63, 3.8) is 0 Å². The molecular formula is C11H21N3O3. The molecule has 0 aromatic rings. The second kappa shape index (κ2) is 6.56. The van der Waals surface area contributed by atoms with Crippen LogP contribution in [0.15, 0.2) is 0 Å². The van der Waals surface area contributed by atoms with Gasteiger partial charge >= 0.3 is 6.03 Å². The topological polar surface area (TPSA) is 93.4 Å². The number of hydrogen-bond donors (Lipinski definition) is 3. The lowest BCUT2D eigenvalue weighted by Gasteiger charge is -2.30. The van der Waals surface area contributed by atoms with E-state index in [1.165, 1.54) is 0 Å². The van der Waals surface area contributed by atoms with E-state index < -0.39 is 18.0 Å². The average molecular weight is 243 g/mol. The second-order valence-electron chi connectivity index (χ2n) is 4.48. The molecule has 0 aromatic carbocycles. The molecule has 1 heterocycles. The Morgan fingerprint density at radius 1 is 1.29 bits per heavy atom. The Morgan fingerprint density at radius 3 is 2.41 bits per heavy atom. The first-order chi connectivity index (χ1) is 8.00. The van der Waals surface area contributed by atoms with Crippen LogP contribution in [0.1, 0.15) is 26.7 Å². The van der Waals surface area contributed by atoms with Crippen molar-refractivity contribution in [3.05, 3.63) is 0 Å². The summed E-state index contributed by atoms with van der Waals surface area (Å²) in [5.74, 6) is 0.115. The van der Waals surface area contributed by atoms with Gasteiger partial charge in [-0.15, -0.1) is 0 Å². The van der Waals surface area contributed by atoms with Gasteiger partial charge in [-0.1, -0.05) is 0 Å². The largest absolute Gasteiger partial charge is 0.381 e. The van der Waals surface area contributed by atoms with Crippen molar-refractivity contribution >= 4 is 11.9 Å². The maximum absolute atomic E-state index is 11.5. The number of hydrogen-bond acceptors (Lipinski definition) is 4. The molecule has 1 aliphatic heterocycles. The lowest BCUT2D eigenvalue weighted by atomic mass is 9.92. The summed E-state index contributed by atoms with van der Waals surface area (Å²) in [7, 11) is 0. The molecule has 0 aliphatic carbocycles. The van der Waals surface area contributed by atoms with Gasteiger partial charge in [-0.2, -0.15) is 0 Å². The van der Waals surface area contributed by atoms with Crippen LogP contribution in [0.2, 0.25) is 0 Å². The number of urea groups is 1. The Kier molecular flexibility index (Phi) is 5.37. The number of nitrogens with one attached hydrogen (secondary N) is 2. The van der Waals surface area contributed by atoms with Gasteiger partial charge in [0, 0.05) is 19.3 Å². The fourth-order valence-corrected chi connectivity index (χ4v) is 2.05. The summed E-state index contributed by atoms with van der Waals surface area (Å²) in [6, 6.07) is -1.03. The molecule has 98 valence electrons. The number of ether oxygens (including phenoxy) is 1. The van der Waals surface area contributed by atoms with Crippen LogP contribution in [-0.2, 0) is 9.53 Å². The first kappa shape index (κ1) is 13.9. The molecule has 1 saturated heterocycles. The van der Waals surface area contributed by atoms with E-state index in [1.54, 1.807) is 6.92 Å². The highest BCUT2D eigenvalue weighted by Crippen LogP contribution is 2.18. The Labute approximate surface area is 101 Å². The van der Waals surface area contributed by atoms with Crippen molar-refractivity contribution in [1.29, 1.82) is 0 Å². The molecule has 0 radical (unpaired) electrons. The fraction of sp³-hybridized carbons (Fsp3) is 0.818. The van der Waals surface area contributed by atoms with E-state index in [9.17, 15) is 9.59 Å². The first-order valence-corrected chi connectivity index (χ1v) is 5.94. The molecule has 2 atom stereocenters. The Bertz CT molecular complexity index is 277. The zero-order chi connectivity index (χ0) is 12.8. The third-order valence-corrected chi connectivity index (χ3v) is 3.13. The van der Waals surface area contributed by atoms with E-state index in [0.29, 0.717) is 5.92 Å². The van der Waals surface area contributed by atoms with Crippen molar-refractivity contribution < 1.29 is 14.3 Å². The van der Waals surface area contributed by atoms with Crippen molar-refractivity contribution in [2.24, 2.45) is 11.7 Å². The molecule has 0 aromatic heterocycles. The van der Waals surface area contributed by atoms with Gasteiger partial charge in [0.15, 0.2) is 0 Å². The Balaban J connectivity index is 2.35. The zero-order valence-electron chi connectivity index (χ0n) is 10.4. The van der Waals surface area contributed by atoms with Gasteiger partial charge in [0.05, 0.1) is 6.04 Å². The third-order valence-electron chi connectivity index (χ3n) is 3.13. The molecule has 0 saturated carbocycles. The van der Waals surface area contributed by atoms with Crippen LogP contribution in [0.4, 0.5) is 4.79 Å². The van der Waals surface area contributed by atoms with E-state index in [4.69, 9.17) is 10.5 Å². The second-order valence-corrected chi connectivity index (χ2v) is 4.48. The SMILES string of the molecule is CC(NC(C)C1CCOCC1)C(=O)NC(N)=O. The average Bonchev–Trinajstić information content (AvgIpc) is 2.29. The van der Waals surface area contributed by atoms with Crippen molar-refractivity contribution in [3.8, 4) is 0 Å². The lowest BCUT2D eigenvalue weighted by Crippen LogP contribution is -2.50. The number of nitrogens with two attached hydrogens (primary N) is 1. The molecule has 6 nitrogen and oxygen atoms in total. The number of rotatable bonds is 4. The molecular weight excluding hydrogens is 222 g/mol. The van der Waals surface area contributed by atoms with Crippen LogP contribution in [-0.4, -0.2) is 37.2 Å². The predicted octanol–water partition coefficient (Wildman–Crippen LogP) is -0.0255. The maximum Gasteiger partial charge on any atom is 0.318 e. The number of carbonyl (C=O) groups excluding carboxylic acids is 2. The summed E-state index contributed by atoms with van der Waals surface area (Å²) < 4.78 is 5.29. The van der Waals surface area contributed by atoms with Crippen molar-refractivity contribution in [2.75, 3.05) is 13.2 Å². The summed E-state index contributed by atoms with van der Waals surface area (Å²) in [4.78, 5) is 22.0. The number of amides is 3. The van der Waals surface area contributed by atoms with Crippen molar-refractivity contribution in [2.45, 2.75) is 38.8 Å². The summed E-state index contributed by atoms with van der Waals surface area (Å²) >= 11 is 0. The molecule has 0 bridgehead atoms. The van der Waals surface area contributed by atoms with Crippen LogP contribution in [0.25, 0.3) is 0 Å². The van der Waals surface area contributed by atoms with Crippen LogP contribution < -0.4 is 16.4 Å². The number of imide groups is 1. The highest BCUT2D eigenvalue weighted by Gasteiger charge is 2.24. The monoisotopic (exact) mass is 243 g/mol. The Morgan fingerprint density at radius 2 is 1.88 bits per heavy atom. The third kappa shape index (κ3) is 4.70. The summed E-state index contributed by atoms with van der Waals surface area (Å²) in [5, 5.41) is 5.24. The van der Waals surface area contributed by atoms with Gasteiger partial charge in [0.2, 0.25) is 5.91 Å². The van der Waals surface area contributed by atoms with Gasteiger partial charge in [-0.25, -0.2) is 4.79 Å². The van der Waals surface area contributed by atoms with Crippen LogP contribution in [0.5, 0.6) is 0 Å². The molecule has 17 heavy (non-hydrogen) atoms. The van der Waals surface area contributed by atoms with Crippen LogP contribution >= 0.6 is 0 Å². The normalized spacial score (nSPS) is 20.6. The molecule has 3 amide bonds. The van der Waals surface area contributed by atoms with Crippen LogP contribution in [0.3, 0.4) is 0 Å². The van der Waals surface area contributed by atoms with E-state index in [2.05, 4.69) is 10.6 Å². The van der Waals surface area contributed by atoms with Gasteiger partial charge in [-0.05, 0) is 32.6 Å². The Hall–Kier alpha value is -1.14. The van der Waals surface area contributed by atoms with E-state index >= 15 is 0 Å². The minimum absolute atomic E-state index is 0.215. The molecule has 4 N–H and O–H groups in total. The van der Waals surface area contributed by atoms with Gasteiger partial charge < -0.3 is 15.8 Å². The van der Waals surface area contributed by atoms with E-state index in [1.807, 2.05) is 6.92 Å². The molecule has 1 aliphatic rings. The summed E-state index contributed by atoms with van der Waals surface area (Å²) in [5.41, 5.74) is 4.89. The maximum atomic E-state index is 11.5. The zero-order valence-corrected chi connectivity index (χ0v) is 10.4. The number of carbonyl (C=O) groups is 2. The predicted molar refractivity (Wildman–Crippen MR) is 63.3 cm³/mol. The van der Waals surface area contributed by atoms with Crippen molar-refractivity contribution in [1.82, 2.24) is 10.6 Å². The molecule has 6 heteroatoms. The minimum Gasteiger partial charge on any atom is -0.381 e. The van der Waals surface area contributed by atoms with Gasteiger partial charge in [0.25, 0.3) is 0 Å². The fourth-order valence-electron chi connectivity index (χ4n) is 2.05. The molecule has 1 rings (SSSR count). The first-order valence-electron chi connectivity index (χ1n) is 5.94. The minimum atomic E-state index is -0.817. The molecule has 0 spiro atoms. The lowest BCUT2D eigenvalue weighted by molar-refractivity contribution is -0.121.